The van der Waals surface area contributed by atoms with Crippen molar-refractivity contribution in [3.05, 3.63) is 22.7 Å². The van der Waals surface area contributed by atoms with Crippen LogP contribution in [0, 0.1) is 0 Å². The molecule has 0 saturated heterocycles. The topological polar surface area (TPSA) is 65.0 Å². The third-order valence-electron chi connectivity index (χ3n) is 2.93. The Hall–Kier alpha value is -1.24. The van der Waals surface area contributed by atoms with Crippen LogP contribution in [-0.2, 0) is 20.0 Å². The second-order valence-electron chi connectivity index (χ2n) is 5.04. The smallest absolute Gasteiger partial charge is 0.335 e. The number of hydrogen-bond acceptors (Lipinski definition) is 5. The lowest BCUT2D eigenvalue weighted by atomic mass is 9.85. The van der Waals surface area contributed by atoms with Crippen LogP contribution in [0.15, 0.2) is 12.1 Å². The van der Waals surface area contributed by atoms with E-state index in [2.05, 4.69) is 0 Å². The lowest BCUT2D eigenvalue weighted by molar-refractivity contribution is -0.174. The summed E-state index contributed by atoms with van der Waals surface area (Å²) in [6, 6.07) is 3.31. The third kappa shape index (κ3) is 3.51. The predicted molar refractivity (Wildman–Crippen MR) is 78.8 cm³/mol. The molecule has 2 rings (SSSR count). The highest BCUT2D eigenvalue weighted by Crippen LogP contribution is 2.36. The Kier molecular flexibility index (Phi) is 4.81. The van der Waals surface area contributed by atoms with Gasteiger partial charge in [0.25, 0.3) is 0 Å². The Balaban J connectivity index is 2.29. The fourth-order valence-electron chi connectivity index (χ4n) is 2.20. The minimum absolute atomic E-state index is 0.000135. The SMILES string of the molecule is CCOC(=O)CC1(O)O[B]c2cc(OC(C)C)cc(Cl)c21. The summed E-state index contributed by atoms with van der Waals surface area (Å²) in [7, 11) is 1.37. The van der Waals surface area contributed by atoms with Gasteiger partial charge in [0.05, 0.1) is 17.7 Å². The van der Waals surface area contributed by atoms with E-state index in [1.54, 1.807) is 19.1 Å². The Morgan fingerprint density at radius 3 is 2.86 bits per heavy atom. The second-order valence-corrected chi connectivity index (χ2v) is 5.45. The first kappa shape index (κ1) is 16.1. The Morgan fingerprint density at radius 1 is 1.52 bits per heavy atom. The number of ether oxygens (including phenoxy) is 2. The maximum atomic E-state index is 11.6. The average Bonchev–Trinajstić information content (AvgIpc) is 2.66. The van der Waals surface area contributed by atoms with Crippen LogP contribution in [0.3, 0.4) is 0 Å². The highest BCUT2D eigenvalue weighted by Gasteiger charge is 2.43. The molecule has 7 heteroatoms. The molecule has 0 amide bonds. The molecule has 0 spiro atoms. The summed E-state index contributed by atoms with van der Waals surface area (Å²) in [5.74, 6) is -1.77. The van der Waals surface area contributed by atoms with Crippen molar-refractivity contribution in [3.63, 3.8) is 0 Å². The van der Waals surface area contributed by atoms with Gasteiger partial charge in [0.1, 0.15) is 12.2 Å². The molecule has 1 aliphatic rings. The molecule has 1 aromatic rings. The van der Waals surface area contributed by atoms with Crippen molar-refractivity contribution in [3.8, 4) is 5.75 Å². The Bertz CT molecular complexity index is 548. The van der Waals surface area contributed by atoms with Gasteiger partial charge in [-0.2, -0.15) is 0 Å². The minimum Gasteiger partial charge on any atom is -0.491 e. The molecule has 0 bridgehead atoms. The molecule has 21 heavy (non-hydrogen) atoms. The molecule has 1 radical (unpaired) electrons. The Labute approximate surface area is 129 Å². The first-order valence-corrected chi connectivity index (χ1v) is 7.13. The van der Waals surface area contributed by atoms with Gasteiger partial charge < -0.3 is 19.2 Å². The largest absolute Gasteiger partial charge is 0.491 e. The molecule has 1 heterocycles. The van der Waals surface area contributed by atoms with Crippen LogP contribution < -0.4 is 10.2 Å². The summed E-state index contributed by atoms with van der Waals surface area (Å²) >= 11 is 6.21. The quantitative estimate of drug-likeness (QED) is 0.659. The van der Waals surface area contributed by atoms with Gasteiger partial charge in [-0.1, -0.05) is 11.6 Å². The number of esters is 1. The van der Waals surface area contributed by atoms with Gasteiger partial charge in [-0.05, 0) is 38.4 Å². The maximum absolute atomic E-state index is 11.6. The zero-order chi connectivity index (χ0) is 15.6. The molecule has 0 fully saturated rings. The Morgan fingerprint density at radius 2 is 2.24 bits per heavy atom. The van der Waals surface area contributed by atoms with Gasteiger partial charge in [0.2, 0.25) is 0 Å². The first-order chi connectivity index (χ1) is 9.85. The van der Waals surface area contributed by atoms with Crippen molar-refractivity contribution in [1.82, 2.24) is 0 Å². The number of carbonyl (C=O) groups excluding carboxylic acids is 1. The van der Waals surface area contributed by atoms with E-state index < -0.39 is 11.8 Å². The predicted octanol–water partition coefficient (Wildman–Crippen LogP) is 1.50. The van der Waals surface area contributed by atoms with Crippen molar-refractivity contribution in [2.75, 3.05) is 6.61 Å². The number of rotatable bonds is 5. The van der Waals surface area contributed by atoms with E-state index in [9.17, 15) is 9.90 Å². The number of benzene rings is 1. The van der Waals surface area contributed by atoms with E-state index in [4.69, 9.17) is 25.7 Å². The molecule has 1 aromatic carbocycles. The lowest BCUT2D eigenvalue weighted by Crippen LogP contribution is -2.30. The molecular formula is C14H17BClO5. The van der Waals surface area contributed by atoms with Gasteiger partial charge in [0.15, 0.2) is 5.79 Å². The van der Waals surface area contributed by atoms with Crippen molar-refractivity contribution in [1.29, 1.82) is 0 Å². The van der Waals surface area contributed by atoms with Crippen LogP contribution in [0.5, 0.6) is 5.75 Å². The van der Waals surface area contributed by atoms with Crippen LogP contribution in [0.25, 0.3) is 0 Å². The van der Waals surface area contributed by atoms with E-state index in [-0.39, 0.29) is 24.2 Å². The van der Waals surface area contributed by atoms with E-state index in [1.165, 1.54) is 7.48 Å². The normalized spacial score (nSPS) is 20.1. The molecule has 113 valence electrons. The van der Waals surface area contributed by atoms with Gasteiger partial charge >= 0.3 is 13.5 Å². The van der Waals surface area contributed by atoms with E-state index in [1.807, 2.05) is 13.8 Å². The van der Waals surface area contributed by atoms with Crippen LogP contribution >= 0.6 is 11.6 Å². The zero-order valence-corrected chi connectivity index (χ0v) is 12.9. The summed E-state index contributed by atoms with van der Waals surface area (Å²) in [4.78, 5) is 11.6. The number of hydrogen-bond donors (Lipinski definition) is 1. The number of fused-ring (bicyclic) bond motifs is 1. The fraction of sp³-hybridized carbons (Fsp3) is 0.500. The monoisotopic (exact) mass is 311 g/mol. The molecule has 1 unspecified atom stereocenters. The zero-order valence-electron chi connectivity index (χ0n) is 12.2. The summed E-state index contributed by atoms with van der Waals surface area (Å²) in [6.07, 6.45) is -0.325. The van der Waals surface area contributed by atoms with Crippen molar-refractivity contribution < 1.29 is 24.0 Å². The maximum Gasteiger partial charge on any atom is 0.335 e. The fourth-order valence-corrected chi connectivity index (χ4v) is 2.57. The summed E-state index contributed by atoms with van der Waals surface area (Å²) in [5, 5.41) is 10.8. The minimum atomic E-state index is -1.80. The van der Waals surface area contributed by atoms with E-state index >= 15 is 0 Å². The molecule has 1 atom stereocenters. The van der Waals surface area contributed by atoms with Crippen molar-refractivity contribution >= 4 is 30.5 Å². The number of aliphatic hydroxyl groups is 1. The number of carbonyl (C=O) groups is 1. The third-order valence-corrected chi connectivity index (χ3v) is 3.22. The van der Waals surface area contributed by atoms with E-state index in [0.717, 1.165) is 0 Å². The summed E-state index contributed by atoms with van der Waals surface area (Å²) in [5.41, 5.74) is 0.943. The highest BCUT2D eigenvalue weighted by atomic mass is 35.5. The summed E-state index contributed by atoms with van der Waals surface area (Å²) in [6.45, 7) is 5.73. The molecule has 1 aliphatic heterocycles. The highest BCUT2D eigenvalue weighted by molar-refractivity contribution is 6.50. The van der Waals surface area contributed by atoms with Crippen molar-refractivity contribution in [2.24, 2.45) is 0 Å². The van der Waals surface area contributed by atoms with Crippen LogP contribution in [0.4, 0.5) is 0 Å². The molecular weight excluding hydrogens is 294 g/mol. The lowest BCUT2D eigenvalue weighted by Gasteiger charge is -2.24. The van der Waals surface area contributed by atoms with Gasteiger partial charge in [-0.15, -0.1) is 0 Å². The number of halogens is 1. The molecule has 0 aromatic heterocycles. The second kappa shape index (κ2) is 6.26. The van der Waals surface area contributed by atoms with Crippen LogP contribution in [0.2, 0.25) is 5.02 Å². The van der Waals surface area contributed by atoms with Gasteiger partial charge in [-0.25, -0.2) is 0 Å². The van der Waals surface area contributed by atoms with Gasteiger partial charge in [-0.3, -0.25) is 4.79 Å². The molecule has 0 saturated carbocycles. The van der Waals surface area contributed by atoms with Crippen LogP contribution in [0.1, 0.15) is 32.8 Å². The van der Waals surface area contributed by atoms with Crippen molar-refractivity contribution in [2.45, 2.75) is 39.1 Å². The summed E-state index contributed by atoms with van der Waals surface area (Å²) < 4.78 is 15.7. The molecule has 0 aliphatic carbocycles. The van der Waals surface area contributed by atoms with E-state index in [0.29, 0.717) is 16.8 Å². The average molecular weight is 312 g/mol. The first-order valence-electron chi connectivity index (χ1n) is 6.75. The van der Waals surface area contributed by atoms with Crippen LogP contribution in [-0.4, -0.2) is 31.3 Å². The standard InChI is InChI=1S/C14H17BClO5/c1-4-19-12(17)7-14(18)13-10(15-21-14)5-9(6-11(13)16)20-8(2)3/h5-6,8,18H,4,7H2,1-3H3. The molecule has 1 N–H and O–H groups in total. The molecule has 5 nitrogen and oxygen atoms in total. The van der Waals surface area contributed by atoms with Gasteiger partial charge in [0, 0.05) is 5.56 Å².